The molecule has 0 aromatic heterocycles. The molecule has 1 saturated carbocycles. The summed E-state index contributed by atoms with van der Waals surface area (Å²) in [6, 6.07) is 0. The van der Waals surface area contributed by atoms with Crippen LogP contribution in [0.2, 0.25) is 0 Å². The van der Waals surface area contributed by atoms with Crippen molar-refractivity contribution in [1.82, 2.24) is 0 Å². The fraction of sp³-hybridized carbons (Fsp3) is 0.474. The summed E-state index contributed by atoms with van der Waals surface area (Å²) in [4.78, 5) is 0. The molecule has 0 nitrogen and oxygen atoms in total. The highest BCUT2D eigenvalue weighted by molar-refractivity contribution is 5.43. The van der Waals surface area contributed by atoms with Gasteiger partial charge in [-0.15, -0.1) is 0 Å². The summed E-state index contributed by atoms with van der Waals surface area (Å²) < 4.78 is 0. The van der Waals surface area contributed by atoms with E-state index in [1.807, 2.05) is 6.08 Å². The van der Waals surface area contributed by atoms with Gasteiger partial charge in [-0.05, 0) is 36.7 Å². The quantitative estimate of drug-likeness (QED) is 0.580. The van der Waals surface area contributed by atoms with E-state index in [1.54, 1.807) is 0 Å². The van der Waals surface area contributed by atoms with Crippen LogP contribution in [0.25, 0.3) is 0 Å². The molecule has 19 heavy (non-hydrogen) atoms. The Balaban J connectivity index is 1.98. The average molecular weight is 252 g/mol. The van der Waals surface area contributed by atoms with Crippen LogP contribution < -0.4 is 0 Å². The maximum Gasteiger partial charge on any atom is 0.00896 e. The summed E-state index contributed by atoms with van der Waals surface area (Å²) in [6.07, 6.45) is 23.0. The van der Waals surface area contributed by atoms with Crippen molar-refractivity contribution in [2.75, 3.05) is 0 Å². The molecule has 100 valence electrons. The van der Waals surface area contributed by atoms with Gasteiger partial charge in [-0.2, -0.15) is 0 Å². The van der Waals surface area contributed by atoms with Crippen LogP contribution >= 0.6 is 0 Å². The highest BCUT2D eigenvalue weighted by Crippen LogP contribution is 2.56. The number of rotatable bonds is 2. The molecule has 3 aliphatic rings. The Morgan fingerprint density at radius 1 is 1.26 bits per heavy atom. The maximum atomic E-state index is 3.80. The van der Waals surface area contributed by atoms with Gasteiger partial charge in [0.05, 0.1) is 0 Å². The summed E-state index contributed by atoms with van der Waals surface area (Å²) in [7, 11) is 0. The zero-order chi connectivity index (χ0) is 13.3. The molecule has 0 amide bonds. The third kappa shape index (κ3) is 2.18. The average Bonchev–Trinajstić information content (AvgIpc) is 2.71. The predicted molar refractivity (Wildman–Crippen MR) is 82.8 cm³/mol. The van der Waals surface area contributed by atoms with Gasteiger partial charge in [0.2, 0.25) is 0 Å². The van der Waals surface area contributed by atoms with Gasteiger partial charge in [0, 0.05) is 5.92 Å². The molecule has 1 fully saturated rings. The zero-order valence-electron chi connectivity index (χ0n) is 11.9. The molecule has 0 saturated heterocycles. The van der Waals surface area contributed by atoms with Gasteiger partial charge in [-0.3, -0.25) is 0 Å². The van der Waals surface area contributed by atoms with E-state index in [0.29, 0.717) is 17.3 Å². The van der Waals surface area contributed by atoms with Gasteiger partial charge < -0.3 is 0 Å². The first kappa shape index (κ1) is 12.7. The highest BCUT2D eigenvalue weighted by atomic mass is 14.5. The Hall–Kier alpha value is -1.30. The minimum atomic E-state index is 0.440. The van der Waals surface area contributed by atoms with Crippen molar-refractivity contribution in [3.8, 4) is 0 Å². The third-order valence-electron chi connectivity index (χ3n) is 5.11. The normalized spacial score (nSPS) is 32.3. The number of hydrogen-bond acceptors (Lipinski definition) is 0. The first-order valence-electron chi connectivity index (χ1n) is 7.64. The lowest BCUT2D eigenvalue weighted by molar-refractivity contribution is 0.186. The predicted octanol–water partition coefficient (Wildman–Crippen LogP) is 5.37. The smallest absolute Gasteiger partial charge is 0.00896 e. The molecule has 0 aromatic carbocycles. The standard InChI is InChI=1S/C19H24/c1-3-4-8-16-14-19(11-6-5-7-12-19)18-13-15(2)9-10-17(16)18/h3-4,8-10,13-14,17-18H,1,5-7,11-12H2,2H3/b8-4-. The van der Waals surface area contributed by atoms with E-state index in [2.05, 4.69) is 50.0 Å². The minimum absolute atomic E-state index is 0.440. The number of fused-ring (bicyclic) bond motifs is 2. The first-order chi connectivity index (χ1) is 9.25. The van der Waals surface area contributed by atoms with Crippen LogP contribution in [0.1, 0.15) is 39.0 Å². The van der Waals surface area contributed by atoms with Gasteiger partial charge in [0.1, 0.15) is 0 Å². The fourth-order valence-electron chi connectivity index (χ4n) is 4.21. The molecule has 0 heterocycles. The van der Waals surface area contributed by atoms with E-state index < -0.39 is 0 Å². The van der Waals surface area contributed by atoms with Crippen LogP contribution in [0.4, 0.5) is 0 Å². The summed E-state index contributed by atoms with van der Waals surface area (Å²) in [5, 5.41) is 0. The van der Waals surface area contributed by atoms with Crippen LogP contribution in [0, 0.1) is 17.3 Å². The molecule has 3 rings (SSSR count). The Labute approximate surface area is 117 Å². The van der Waals surface area contributed by atoms with Gasteiger partial charge in [0.15, 0.2) is 0 Å². The largest absolute Gasteiger partial charge is 0.0991 e. The molecular formula is C19H24. The van der Waals surface area contributed by atoms with Crippen molar-refractivity contribution >= 4 is 0 Å². The van der Waals surface area contributed by atoms with Gasteiger partial charge in [-0.1, -0.05) is 73.9 Å². The Kier molecular flexibility index (Phi) is 3.35. The van der Waals surface area contributed by atoms with Crippen molar-refractivity contribution in [2.45, 2.75) is 39.0 Å². The Morgan fingerprint density at radius 3 is 2.79 bits per heavy atom. The highest BCUT2D eigenvalue weighted by Gasteiger charge is 2.46. The van der Waals surface area contributed by atoms with E-state index >= 15 is 0 Å². The SMILES string of the molecule is C=C/C=C\C1=CC2(CCCCC2)C2C=C(C)C=CC12. The van der Waals surface area contributed by atoms with Crippen molar-refractivity contribution < 1.29 is 0 Å². The molecule has 3 aliphatic carbocycles. The second-order valence-corrected chi connectivity index (χ2v) is 6.35. The number of hydrogen-bond donors (Lipinski definition) is 0. The zero-order valence-corrected chi connectivity index (χ0v) is 11.9. The number of allylic oxidation sites excluding steroid dienone is 9. The summed E-state index contributed by atoms with van der Waals surface area (Å²) in [6.45, 7) is 6.03. The van der Waals surface area contributed by atoms with Gasteiger partial charge in [0.25, 0.3) is 0 Å². The van der Waals surface area contributed by atoms with E-state index in [4.69, 9.17) is 0 Å². The summed E-state index contributed by atoms with van der Waals surface area (Å²) in [5.41, 5.74) is 3.39. The monoisotopic (exact) mass is 252 g/mol. The van der Waals surface area contributed by atoms with Gasteiger partial charge in [-0.25, -0.2) is 0 Å². The third-order valence-corrected chi connectivity index (χ3v) is 5.11. The van der Waals surface area contributed by atoms with Crippen LogP contribution in [0.5, 0.6) is 0 Å². The van der Waals surface area contributed by atoms with E-state index in [0.717, 1.165) is 0 Å². The maximum absolute atomic E-state index is 3.80. The molecule has 0 bridgehead atoms. The van der Waals surface area contributed by atoms with Crippen LogP contribution in [0.15, 0.2) is 60.3 Å². The molecule has 0 aliphatic heterocycles. The topological polar surface area (TPSA) is 0 Å². The lowest BCUT2D eigenvalue weighted by Gasteiger charge is -2.39. The molecule has 0 radical (unpaired) electrons. The summed E-state index contributed by atoms with van der Waals surface area (Å²) in [5.74, 6) is 1.29. The molecule has 0 heteroatoms. The molecular weight excluding hydrogens is 228 g/mol. The molecule has 0 N–H and O–H groups in total. The fourth-order valence-corrected chi connectivity index (χ4v) is 4.21. The van der Waals surface area contributed by atoms with Crippen molar-refractivity contribution in [3.05, 3.63) is 60.3 Å². The Bertz CT molecular complexity index is 478. The van der Waals surface area contributed by atoms with Gasteiger partial charge >= 0.3 is 0 Å². The lowest BCUT2D eigenvalue weighted by atomic mass is 9.64. The molecule has 0 aromatic rings. The van der Waals surface area contributed by atoms with E-state index in [9.17, 15) is 0 Å². The van der Waals surface area contributed by atoms with Crippen LogP contribution in [-0.4, -0.2) is 0 Å². The molecule has 1 spiro atoms. The second-order valence-electron chi connectivity index (χ2n) is 6.35. The van der Waals surface area contributed by atoms with Crippen LogP contribution in [0.3, 0.4) is 0 Å². The first-order valence-corrected chi connectivity index (χ1v) is 7.64. The molecule has 2 unspecified atom stereocenters. The van der Waals surface area contributed by atoms with E-state index in [1.165, 1.54) is 43.3 Å². The molecule has 2 atom stereocenters. The Morgan fingerprint density at radius 2 is 2.05 bits per heavy atom. The van der Waals surface area contributed by atoms with Crippen LogP contribution in [-0.2, 0) is 0 Å². The second kappa shape index (κ2) is 5.00. The minimum Gasteiger partial charge on any atom is -0.0991 e. The van der Waals surface area contributed by atoms with Crippen molar-refractivity contribution in [1.29, 1.82) is 0 Å². The summed E-state index contributed by atoms with van der Waals surface area (Å²) >= 11 is 0. The van der Waals surface area contributed by atoms with Crippen molar-refractivity contribution in [3.63, 3.8) is 0 Å². The van der Waals surface area contributed by atoms with E-state index in [-0.39, 0.29) is 0 Å². The lowest BCUT2D eigenvalue weighted by Crippen LogP contribution is -2.30. The van der Waals surface area contributed by atoms with Crippen molar-refractivity contribution in [2.24, 2.45) is 17.3 Å².